The Labute approximate surface area is 289 Å². The number of hydrogen-bond acceptors (Lipinski definition) is 8. The highest BCUT2D eigenvalue weighted by molar-refractivity contribution is 5.92. The SMILES string of the molecule is CCC(CC)c1nnc2ccc(O[C@@H]3CC[C@H](NC(=O)Nc4cc(C(C)(C)C)nc(C(=O)NCC(C)(C)N(C)C)n4)c4ccccc43)cn12. The molecule has 3 amide bonds. The molecule has 0 radical (unpaired) electrons. The van der Waals surface area contributed by atoms with E-state index < -0.39 is 11.9 Å². The van der Waals surface area contributed by atoms with Crippen molar-refractivity contribution < 1.29 is 14.3 Å². The Hall–Kier alpha value is -4.58. The summed E-state index contributed by atoms with van der Waals surface area (Å²) in [5.41, 5.74) is 2.83. The van der Waals surface area contributed by atoms with E-state index in [2.05, 4.69) is 56.0 Å². The highest BCUT2D eigenvalue weighted by atomic mass is 16.5. The molecular weight excluding hydrogens is 618 g/mol. The van der Waals surface area contributed by atoms with Gasteiger partial charge in [0.05, 0.1) is 17.9 Å². The van der Waals surface area contributed by atoms with Gasteiger partial charge in [0.2, 0.25) is 5.82 Å². The van der Waals surface area contributed by atoms with E-state index in [1.54, 1.807) is 6.07 Å². The minimum Gasteiger partial charge on any atom is -0.484 e. The number of carbonyl (C=O) groups is 2. The normalized spacial score (nSPS) is 16.5. The second kappa shape index (κ2) is 14.5. The zero-order valence-electron chi connectivity index (χ0n) is 30.3. The lowest BCUT2D eigenvalue weighted by Gasteiger charge is -2.32. The highest BCUT2D eigenvalue weighted by Gasteiger charge is 2.30. The van der Waals surface area contributed by atoms with Gasteiger partial charge in [0.15, 0.2) is 5.65 Å². The quantitative estimate of drug-likeness (QED) is 0.163. The van der Waals surface area contributed by atoms with Gasteiger partial charge < -0.3 is 20.3 Å². The van der Waals surface area contributed by atoms with Crippen LogP contribution in [0.15, 0.2) is 48.7 Å². The maximum absolute atomic E-state index is 13.4. The minimum absolute atomic E-state index is 0.0111. The number of anilines is 1. The molecule has 0 fully saturated rings. The molecule has 1 aliphatic carbocycles. The van der Waals surface area contributed by atoms with Crippen LogP contribution in [0.5, 0.6) is 5.75 Å². The molecule has 1 aliphatic rings. The first-order chi connectivity index (χ1) is 23.2. The zero-order valence-corrected chi connectivity index (χ0v) is 30.3. The van der Waals surface area contributed by atoms with Crippen molar-refractivity contribution in [2.75, 3.05) is 26.0 Å². The van der Waals surface area contributed by atoms with E-state index in [1.807, 2.05) is 94.5 Å². The van der Waals surface area contributed by atoms with Crippen LogP contribution in [-0.4, -0.2) is 67.6 Å². The van der Waals surface area contributed by atoms with Crippen molar-refractivity contribution in [2.24, 2.45) is 0 Å². The molecule has 0 spiro atoms. The Morgan fingerprint density at radius 2 is 1.69 bits per heavy atom. The average molecular weight is 670 g/mol. The first-order valence-corrected chi connectivity index (χ1v) is 17.2. The number of ether oxygens (including phenoxy) is 1. The number of fused-ring (bicyclic) bond motifs is 2. The molecule has 0 unspecified atom stereocenters. The van der Waals surface area contributed by atoms with E-state index >= 15 is 0 Å². The third-order valence-corrected chi connectivity index (χ3v) is 9.60. The molecule has 1 aromatic carbocycles. The largest absolute Gasteiger partial charge is 0.484 e. The third kappa shape index (κ3) is 8.18. The van der Waals surface area contributed by atoms with Crippen molar-refractivity contribution in [1.82, 2.24) is 40.1 Å². The number of likely N-dealkylation sites (N-methyl/N-ethyl adjacent to an activating group) is 1. The van der Waals surface area contributed by atoms with Crippen LogP contribution in [0.3, 0.4) is 0 Å². The van der Waals surface area contributed by atoms with Crippen LogP contribution in [-0.2, 0) is 5.41 Å². The molecule has 2 atom stereocenters. The van der Waals surface area contributed by atoms with Gasteiger partial charge in [-0.15, -0.1) is 10.2 Å². The Bertz CT molecular complexity index is 1790. The van der Waals surface area contributed by atoms with Crippen LogP contribution >= 0.6 is 0 Å². The van der Waals surface area contributed by atoms with Crippen molar-refractivity contribution in [3.8, 4) is 5.75 Å². The van der Waals surface area contributed by atoms with E-state index in [4.69, 9.17) is 4.74 Å². The van der Waals surface area contributed by atoms with Gasteiger partial charge in [-0.2, -0.15) is 0 Å². The van der Waals surface area contributed by atoms with Gasteiger partial charge in [0.1, 0.15) is 23.5 Å². The van der Waals surface area contributed by atoms with Crippen LogP contribution in [0.25, 0.3) is 5.65 Å². The Balaban J connectivity index is 1.31. The summed E-state index contributed by atoms with van der Waals surface area (Å²) >= 11 is 0. The number of rotatable bonds is 11. The van der Waals surface area contributed by atoms with Crippen molar-refractivity contribution >= 4 is 23.4 Å². The smallest absolute Gasteiger partial charge is 0.320 e. The Kier molecular flexibility index (Phi) is 10.6. The summed E-state index contributed by atoms with van der Waals surface area (Å²) in [7, 11) is 3.93. The number of hydrogen-bond donors (Lipinski definition) is 3. The number of nitrogens with zero attached hydrogens (tertiary/aromatic N) is 6. The van der Waals surface area contributed by atoms with Gasteiger partial charge >= 0.3 is 6.03 Å². The van der Waals surface area contributed by atoms with Gasteiger partial charge in [-0.05, 0) is 76.9 Å². The number of urea groups is 1. The summed E-state index contributed by atoms with van der Waals surface area (Å²) in [6.07, 6.45) is 5.15. The number of nitrogens with one attached hydrogen (secondary N) is 3. The van der Waals surface area contributed by atoms with Crippen molar-refractivity contribution in [3.05, 3.63) is 77.1 Å². The molecule has 12 heteroatoms. The van der Waals surface area contributed by atoms with Crippen LogP contribution in [0, 0.1) is 0 Å². The number of benzene rings is 1. The molecule has 3 N–H and O–H groups in total. The lowest BCUT2D eigenvalue weighted by atomic mass is 9.85. The van der Waals surface area contributed by atoms with E-state index in [0.717, 1.165) is 41.2 Å². The third-order valence-electron chi connectivity index (χ3n) is 9.60. The molecule has 0 aliphatic heterocycles. The monoisotopic (exact) mass is 669 g/mol. The Morgan fingerprint density at radius 3 is 2.37 bits per heavy atom. The van der Waals surface area contributed by atoms with Crippen LogP contribution in [0.1, 0.15) is 125 Å². The van der Waals surface area contributed by atoms with E-state index in [1.165, 1.54) is 0 Å². The molecule has 4 aromatic rings. The van der Waals surface area contributed by atoms with Gasteiger partial charge in [0, 0.05) is 29.5 Å². The lowest BCUT2D eigenvalue weighted by molar-refractivity contribution is 0.0909. The highest BCUT2D eigenvalue weighted by Crippen LogP contribution is 2.39. The second-order valence-electron chi connectivity index (χ2n) is 14.7. The maximum Gasteiger partial charge on any atom is 0.320 e. The fourth-order valence-electron chi connectivity index (χ4n) is 5.92. The molecule has 3 aromatic heterocycles. The maximum atomic E-state index is 13.4. The van der Waals surface area contributed by atoms with Gasteiger partial charge in [-0.1, -0.05) is 58.9 Å². The van der Waals surface area contributed by atoms with Crippen molar-refractivity contribution in [3.63, 3.8) is 0 Å². The fourth-order valence-corrected chi connectivity index (χ4v) is 5.92. The van der Waals surface area contributed by atoms with E-state index in [9.17, 15) is 9.59 Å². The lowest BCUT2D eigenvalue weighted by Crippen LogP contribution is -2.48. The molecule has 0 saturated heterocycles. The molecule has 3 heterocycles. The average Bonchev–Trinajstić information content (AvgIpc) is 3.47. The van der Waals surface area contributed by atoms with Gasteiger partial charge in [0.25, 0.3) is 5.91 Å². The number of pyridine rings is 1. The summed E-state index contributed by atoms with van der Waals surface area (Å²) in [4.78, 5) is 37.6. The molecule has 12 nitrogen and oxygen atoms in total. The summed E-state index contributed by atoms with van der Waals surface area (Å²) in [6.45, 7) is 14.8. The molecular formula is C37H51N9O3. The van der Waals surface area contributed by atoms with Crippen molar-refractivity contribution in [1.29, 1.82) is 0 Å². The molecule has 49 heavy (non-hydrogen) atoms. The molecule has 262 valence electrons. The summed E-state index contributed by atoms with van der Waals surface area (Å²) in [5.74, 6) is 1.89. The zero-order chi connectivity index (χ0) is 35.5. The molecule has 0 bridgehead atoms. The number of amides is 3. The number of carbonyl (C=O) groups excluding carboxylic acids is 2. The summed E-state index contributed by atoms with van der Waals surface area (Å²) in [6, 6.07) is 13.0. The van der Waals surface area contributed by atoms with Gasteiger partial charge in [-0.25, -0.2) is 14.8 Å². The first-order valence-electron chi connectivity index (χ1n) is 17.2. The predicted molar refractivity (Wildman–Crippen MR) is 191 cm³/mol. The summed E-state index contributed by atoms with van der Waals surface area (Å²) < 4.78 is 8.62. The van der Waals surface area contributed by atoms with E-state index in [0.29, 0.717) is 31.0 Å². The standard InChI is InChI=1S/C37H51N9O3/c1-10-23(11-2)33-44-43-31-19-16-24(21-46(31)33)49-28-18-17-27(25-14-12-13-15-26(25)28)39-35(48)42-30-20-29(36(3,4)5)40-32(41-30)34(47)38-22-37(6,7)45(8)9/h12-16,19-21,23,27-28H,10-11,17-18,22H2,1-9H3,(H,38,47)(H2,39,40,41,42,48)/t27-,28+/m0/s1. The summed E-state index contributed by atoms with van der Waals surface area (Å²) in [5, 5.41) is 17.8. The first kappa shape index (κ1) is 35.7. The fraction of sp³-hybridized carbons (Fsp3) is 0.514. The molecule has 5 rings (SSSR count). The number of aromatic nitrogens is 5. The molecule has 0 saturated carbocycles. The van der Waals surface area contributed by atoms with Crippen molar-refractivity contribution in [2.45, 2.75) is 103 Å². The van der Waals surface area contributed by atoms with Crippen LogP contribution in [0.4, 0.5) is 10.6 Å². The second-order valence-corrected chi connectivity index (χ2v) is 14.7. The predicted octanol–water partition coefficient (Wildman–Crippen LogP) is 6.57. The topological polar surface area (TPSA) is 139 Å². The van der Waals surface area contributed by atoms with Crippen LogP contribution in [0.2, 0.25) is 0 Å². The Morgan fingerprint density at radius 1 is 0.980 bits per heavy atom. The minimum atomic E-state index is -0.412. The van der Waals surface area contributed by atoms with Crippen LogP contribution < -0.4 is 20.7 Å². The van der Waals surface area contributed by atoms with E-state index in [-0.39, 0.29) is 34.7 Å². The van der Waals surface area contributed by atoms with Gasteiger partial charge in [-0.3, -0.25) is 14.5 Å².